The smallest absolute Gasteiger partial charge is 0.124 e. The van der Waals surface area contributed by atoms with Crippen LogP contribution in [0.5, 0.6) is 5.75 Å². The first-order valence-electron chi connectivity index (χ1n) is 7.78. The lowest BCUT2D eigenvalue weighted by molar-refractivity contribution is 0.225. The van der Waals surface area contributed by atoms with Crippen LogP contribution < -0.4 is 10.1 Å². The van der Waals surface area contributed by atoms with Crippen molar-refractivity contribution in [2.45, 2.75) is 26.4 Å². The maximum Gasteiger partial charge on any atom is 0.124 e. The van der Waals surface area contributed by atoms with Gasteiger partial charge >= 0.3 is 0 Å². The highest BCUT2D eigenvalue weighted by atomic mass is 16.5. The van der Waals surface area contributed by atoms with Gasteiger partial charge in [-0.15, -0.1) is 0 Å². The van der Waals surface area contributed by atoms with Crippen LogP contribution in [0.25, 0.3) is 11.0 Å². The molecule has 5 nitrogen and oxygen atoms in total. The Morgan fingerprint density at radius 2 is 2.10 bits per heavy atom. The van der Waals surface area contributed by atoms with Crippen molar-refractivity contribution in [2.75, 3.05) is 33.3 Å². The highest BCUT2D eigenvalue weighted by Crippen LogP contribution is 2.23. The summed E-state index contributed by atoms with van der Waals surface area (Å²) in [5, 5.41) is 3.40. The molecule has 0 atom stereocenters. The number of ether oxygens (including phenoxy) is 1. The van der Waals surface area contributed by atoms with Gasteiger partial charge in [0.15, 0.2) is 0 Å². The van der Waals surface area contributed by atoms with Gasteiger partial charge in [-0.25, -0.2) is 4.98 Å². The molecule has 2 aromatic rings. The van der Waals surface area contributed by atoms with Crippen molar-refractivity contribution in [1.82, 2.24) is 19.8 Å². The number of methoxy groups -OCH3 is 1. The lowest BCUT2D eigenvalue weighted by atomic mass is 10.3. The Balaban J connectivity index is 1.93. The highest BCUT2D eigenvalue weighted by molar-refractivity contribution is 5.77. The predicted octanol–water partition coefficient (Wildman–Crippen LogP) is 1.86. The summed E-state index contributed by atoms with van der Waals surface area (Å²) in [4.78, 5) is 7.33. The number of hydrogen-bond donors (Lipinski definition) is 1. The minimum Gasteiger partial charge on any atom is -0.497 e. The maximum absolute atomic E-state index is 5.31. The molecule has 1 fully saturated rings. The molecular weight excluding hydrogens is 264 g/mol. The Kier molecular flexibility index (Phi) is 4.41. The van der Waals surface area contributed by atoms with E-state index in [0.29, 0.717) is 0 Å². The number of hydrogen-bond acceptors (Lipinski definition) is 4. The second-order valence-electron chi connectivity index (χ2n) is 5.56. The predicted molar refractivity (Wildman–Crippen MR) is 84.7 cm³/mol. The molecule has 2 heterocycles. The van der Waals surface area contributed by atoms with Gasteiger partial charge < -0.3 is 14.6 Å². The second-order valence-corrected chi connectivity index (χ2v) is 5.56. The third-order valence-corrected chi connectivity index (χ3v) is 4.06. The summed E-state index contributed by atoms with van der Waals surface area (Å²) in [6, 6.07) is 6.17. The molecule has 1 aromatic heterocycles. The van der Waals surface area contributed by atoms with E-state index < -0.39 is 0 Å². The lowest BCUT2D eigenvalue weighted by Gasteiger charge is -2.27. The molecule has 114 valence electrons. The van der Waals surface area contributed by atoms with Crippen molar-refractivity contribution in [2.24, 2.45) is 0 Å². The third-order valence-electron chi connectivity index (χ3n) is 4.06. The van der Waals surface area contributed by atoms with Gasteiger partial charge in [-0.05, 0) is 18.6 Å². The van der Waals surface area contributed by atoms with E-state index in [0.717, 1.165) is 57.0 Å². The van der Waals surface area contributed by atoms with E-state index in [1.54, 1.807) is 7.11 Å². The van der Waals surface area contributed by atoms with Crippen molar-refractivity contribution in [3.63, 3.8) is 0 Å². The number of aryl methyl sites for hydroxylation is 1. The lowest BCUT2D eigenvalue weighted by Crippen LogP contribution is -2.43. The SMILES string of the molecule is CCCn1c(CN2CCNCC2)nc2cc(OC)ccc21. The molecule has 0 amide bonds. The summed E-state index contributed by atoms with van der Waals surface area (Å²) in [6.07, 6.45) is 1.12. The van der Waals surface area contributed by atoms with Crippen LogP contribution in [-0.4, -0.2) is 47.7 Å². The summed E-state index contributed by atoms with van der Waals surface area (Å²) in [6.45, 7) is 8.49. The van der Waals surface area contributed by atoms with Crippen LogP contribution in [0.1, 0.15) is 19.2 Å². The normalized spacial score (nSPS) is 16.5. The van der Waals surface area contributed by atoms with E-state index in [-0.39, 0.29) is 0 Å². The summed E-state index contributed by atoms with van der Waals surface area (Å²) in [7, 11) is 1.70. The molecule has 1 aliphatic heterocycles. The minimum atomic E-state index is 0.873. The minimum absolute atomic E-state index is 0.873. The van der Waals surface area contributed by atoms with Crippen molar-refractivity contribution >= 4 is 11.0 Å². The van der Waals surface area contributed by atoms with Gasteiger partial charge in [0.25, 0.3) is 0 Å². The fourth-order valence-electron chi connectivity index (χ4n) is 2.95. The zero-order chi connectivity index (χ0) is 14.7. The van der Waals surface area contributed by atoms with Gasteiger partial charge in [-0.1, -0.05) is 6.92 Å². The van der Waals surface area contributed by atoms with Gasteiger partial charge in [-0.2, -0.15) is 0 Å². The Morgan fingerprint density at radius 1 is 1.29 bits per heavy atom. The third kappa shape index (κ3) is 3.04. The van der Waals surface area contributed by atoms with Crippen LogP contribution in [0.2, 0.25) is 0 Å². The maximum atomic E-state index is 5.31. The van der Waals surface area contributed by atoms with Crippen LogP contribution in [-0.2, 0) is 13.1 Å². The van der Waals surface area contributed by atoms with Gasteiger partial charge in [-0.3, -0.25) is 4.90 Å². The molecule has 0 aliphatic carbocycles. The fourth-order valence-corrected chi connectivity index (χ4v) is 2.95. The van der Waals surface area contributed by atoms with E-state index in [2.05, 4.69) is 27.8 Å². The fraction of sp³-hybridized carbons (Fsp3) is 0.562. The monoisotopic (exact) mass is 288 g/mol. The summed E-state index contributed by atoms with van der Waals surface area (Å²) < 4.78 is 7.67. The summed E-state index contributed by atoms with van der Waals surface area (Å²) in [5.41, 5.74) is 2.25. The standard InChI is InChI=1S/C16H24N4O/c1-3-8-20-15-5-4-13(21-2)11-14(15)18-16(20)12-19-9-6-17-7-10-19/h4-5,11,17H,3,6-10,12H2,1-2H3. The Bertz CT molecular complexity index is 602. The molecule has 21 heavy (non-hydrogen) atoms. The van der Waals surface area contributed by atoms with E-state index in [1.165, 1.54) is 11.3 Å². The van der Waals surface area contributed by atoms with Crippen LogP contribution >= 0.6 is 0 Å². The van der Waals surface area contributed by atoms with E-state index in [9.17, 15) is 0 Å². The number of rotatable bonds is 5. The first-order chi connectivity index (χ1) is 10.3. The number of nitrogens with zero attached hydrogens (tertiary/aromatic N) is 3. The van der Waals surface area contributed by atoms with Crippen molar-refractivity contribution in [1.29, 1.82) is 0 Å². The molecule has 1 aromatic carbocycles. The van der Waals surface area contributed by atoms with Crippen molar-refractivity contribution in [3.05, 3.63) is 24.0 Å². The number of nitrogens with one attached hydrogen (secondary N) is 1. The summed E-state index contributed by atoms with van der Waals surface area (Å²) >= 11 is 0. The molecule has 1 saturated heterocycles. The zero-order valence-corrected chi connectivity index (χ0v) is 12.9. The highest BCUT2D eigenvalue weighted by Gasteiger charge is 2.16. The van der Waals surface area contributed by atoms with Crippen LogP contribution in [0, 0.1) is 0 Å². The summed E-state index contributed by atoms with van der Waals surface area (Å²) in [5.74, 6) is 2.04. The first-order valence-corrected chi connectivity index (χ1v) is 7.78. The number of aromatic nitrogens is 2. The van der Waals surface area contributed by atoms with E-state index in [4.69, 9.17) is 9.72 Å². The van der Waals surface area contributed by atoms with Crippen LogP contribution in [0.15, 0.2) is 18.2 Å². The van der Waals surface area contributed by atoms with Crippen molar-refractivity contribution < 1.29 is 4.74 Å². The quantitative estimate of drug-likeness (QED) is 0.912. The second kappa shape index (κ2) is 6.45. The van der Waals surface area contributed by atoms with E-state index >= 15 is 0 Å². The first kappa shape index (κ1) is 14.4. The molecule has 1 N–H and O–H groups in total. The van der Waals surface area contributed by atoms with Gasteiger partial charge in [0, 0.05) is 38.8 Å². The topological polar surface area (TPSA) is 42.3 Å². The average Bonchev–Trinajstić information content (AvgIpc) is 2.85. The van der Waals surface area contributed by atoms with Gasteiger partial charge in [0.05, 0.1) is 24.7 Å². The molecular formula is C16H24N4O. The largest absolute Gasteiger partial charge is 0.497 e. The molecule has 1 aliphatic rings. The molecule has 5 heteroatoms. The van der Waals surface area contributed by atoms with Crippen LogP contribution in [0.4, 0.5) is 0 Å². The van der Waals surface area contributed by atoms with Crippen molar-refractivity contribution in [3.8, 4) is 5.75 Å². The van der Waals surface area contributed by atoms with Gasteiger partial charge in [0.1, 0.15) is 11.6 Å². The van der Waals surface area contributed by atoms with Gasteiger partial charge in [0.2, 0.25) is 0 Å². The molecule has 0 saturated carbocycles. The molecule has 3 rings (SSSR count). The Hall–Kier alpha value is -1.59. The van der Waals surface area contributed by atoms with Crippen LogP contribution in [0.3, 0.4) is 0 Å². The molecule has 0 spiro atoms. The molecule has 0 radical (unpaired) electrons. The number of imidazole rings is 1. The number of benzene rings is 1. The molecule has 0 bridgehead atoms. The molecule has 0 unspecified atom stereocenters. The zero-order valence-electron chi connectivity index (χ0n) is 12.9. The number of piperazine rings is 1. The Morgan fingerprint density at radius 3 is 2.81 bits per heavy atom. The van der Waals surface area contributed by atoms with E-state index in [1.807, 2.05) is 12.1 Å². The Labute approximate surface area is 125 Å². The number of fused-ring (bicyclic) bond motifs is 1. The average molecular weight is 288 g/mol.